The summed E-state index contributed by atoms with van der Waals surface area (Å²) in [4.78, 5) is 8.49. The quantitative estimate of drug-likeness (QED) is 0.797. The van der Waals surface area contributed by atoms with Crippen molar-refractivity contribution < 1.29 is 4.74 Å². The largest absolute Gasteiger partial charge is 0.497 e. The highest BCUT2D eigenvalue weighted by molar-refractivity contribution is 9.10. The van der Waals surface area contributed by atoms with Crippen molar-refractivity contribution in [3.05, 3.63) is 40.6 Å². The molecule has 0 fully saturated rings. The number of benzene rings is 1. The first kappa shape index (κ1) is 15.6. The summed E-state index contributed by atoms with van der Waals surface area (Å²) in [5.41, 5.74) is 1.13. The molecule has 21 heavy (non-hydrogen) atoms. The first-order valence-corrected chi connectivity index (χ1v) is 7.65. The summed E-state index contributed by atoms with van der Waals surface area (Å²) >= 11 is 3.54. The molecule has 5 nitrogen and oxygen atoms in total. The van der Waals surface area contributed by atoms with E-state index in [1.807, 2.05) is 24.3 Å². The molecule has 6 heteroatoms. The number of hydrogen-bond acceptors (Lipinski definition) is 5. The number of hydrogen-bond donors (Lipinski definition) is 2. The summed E-state index contributed by atoms with van der Waals surface area (Å²) in [6, 6.07) is 7.94. The number of rotatable bonds is 7. The van der Waals surface area contributed by atoms with Gasteiger partial charge in [-0.25, -0.2) is 9.97 Å². The van der Waals surface area contributed by atoms with Gasteiger partial charge in [-0.05, 0) is 40.0 Å². The Morgan fingerprint density at radius 2 is 1.95 bits per heavy atom. The van der Waals surface area contributed by atoms with Crippen LogP contribution in [-0.2, 0) is 6.54 Å². The Hall–Kier alpha value is -1.82. The molecule has 2 N–H and O–H groups in total. The molecule has 0 aliphatic heterocycles. The minimum absolute atomic E-state index is 0.667. The van der Waals surface area contributed by atoms with Crippen LogP contribution in [0.3, 0.4) is 0 Å². The highest BCUT2D eigenvalue weighted by Crippen LogP contribution is 2.27. The lowest BCUT2D eigenvalue weighted by Gasteiger charge is -2.11. The molecule has 2 rings (SSSR count). The minimum atomic E-state index is 0.667. The van der Waals surface area contributed by atoms with E-state index in [0.717, 1.165) is 40.4 Å². The molecule has 1 aromatic carbocycles. The highest BCUT2D eigenvalue weighted by Gasteiger charge is 2.08. The van der Waals surface area contributed by atoms with Gasteiger partial charge < -0.3 is 15.4 Å². The summed E-state index contributed by atoms with van der Waals surface area (Å²) in [5.74, 6) is 2.42. The van der Waals surface area contributed by atoms with Gasteiger partial charge in [0.1, 0.15) is 28.2 Å². The van der Waals surface area contributed by atoms with E-state index < -0.39 is 0 Å². The zero-order valence-electron chi connectivity index (χ0n) is 12.2. The van der Waals surface area contributed by atoms with E-state index in [2.05, 4.69) is 43.5 Å². The highest BCUT2D eigenvalue weighted by atomic mass is 79.9. The second kappa shape index (κ2) is 7.83. The van der Waals surface area contributed by atoms with Gasteiger partial charge in [0.15, 0.2) is 0 Å². The van der Waals surface area contributed by atoms with Gasteiger partial charge in [0.25, 0.3) is 0 Å². The van der Waals surface area contributed by atoms with Gasteiger partial charge in [-0.2, -0.15) is 0 Å². The Labute approximate surface area is 133 Å². The van der Waals surface area contributed by atoms with Crippen molar-refractivity contribution in [1.82, 2.24) is 9.97 Å². The number of nitrogens with one attached hydrogen (secondary N) is 2. The molecule has 1 heterocycles. The van der Waals surface area contributed by atoms with Crippen LogP contribution in [0.4, 0.5) is 11.6 Å². The number of anilines is 2. The molecular formula is C15H19BrN4O. The van der Waals surface area contributed by atoms with Crippen molar-refractivity contribution >= 4 is 27.6 Å². The number of aromatic nitrogens is 2. The van der Waals surface area contributed by atoms with E-state index >= 15 is 0 Å². The van der Waals surface area contributed by atoms with Crippen LogP contribution in [0, 0.1) is 0 Å². The summed E-state index contributed by atoms with van der Waals surface area (Å²) in [5, 5.41) is 6.57. The lowest BCUT2D eigenvalue weighted by Crippen LogP contribution is -2.07. The molecular weight excluding hydrogens is 332 g/mol. The predicted molar refractivity (Wildman–Crippen MR) is 88.8 cm³/mol. The molecule has 0 radical (unpaired) electrons. The Bertz CT molecular complexity index is 592. The Morgan fingerprint density at radius 3 is 2.67 bits per heavy atom. The van der Waals surface area contributed by atoms with E-state index in [0.29, 0.717) is 6.54 Å². The van der Waals surface area contributed by atoms with Crippen LogP contribution < -0.4 is 15.4 Å². The first-order chi connectivity index (χ1) is 10.2. The number of methoxy groups -OCH3 is 1. The van der Waals surface area contributed by atoms with Crippen LogP contribution in [0.5, 0.6) is 5.75 Å². The third-order valence-corrected chi connectivity index (χ3v) is 3.68. The second-order valence-electron chi connectivity index (χ2n) is 4.52. The third-order valence-electron chi connectivity index (χ3n) is 2.93. The van der Waals surface area contributed by atoms with E-state index in [-0.39, 0.29) is 0 Å². The molecule has 0 aliphatic rings. The van der Waals surface area contributed by atoms with Crippen molar-refractivity contribution in [2.24, 2.45) is 0 Å². The van der Waals surface area contributed by atoms with Gasteiger partial charge in [-0.3, -0.25) is 0 Å². The van der Waals surface area contributed by atoms with Crippen molar-refractivity contribution in [3.8, 4) is 5.75 Å². The minimum Gasteiger partial charge on any atom is -0.497 e. The fourth-order valence-electron chi connectivity index (χ4n) is 1.83. The Morgan fingerprint density at radius 1 is 1.19 bits per heavy atom. The maximum Gasteiger partial charge on any atom is 0.146 e. The first-order valence-electron chi connectivity index (χ1n) is 6.85. The molecule has 1 aromatic heterocycles. The van der Waals surface area contributed by atoms with Gasteiger partial charge in [0.2, 0.25) is 0 Å². The zero-order chi connectivity index (χ0) is 15.1. The molecule has 2 aromatic rings. The van der Waals surface area contributed by atoms with Gasteiger partial charge in [0.05, 0.1) is 7.11 Å². The maximum atomic E-state index is 5.22. The average molecular weight is 351 g/mol. The van der Waals surface area contributed by atoms with Crippen molar-refractivity contribution in [2.75, 3.05) is 24.3 Å². The fourth-order valence-corrected chi connectivity index (χ4v) is 2.31. The summed E-state index contributed by atoms with van der Waals surface area (Å²) in [6.45, 7) is 3.66. The predicted octanol–water partition coefficient (Wildman–Crippen LogP) is 3.68. The monoisotopic (exact) mass is 350 g/mol. The third kappa shape index (κ3) is 4.32. The lowest BCUT2D eigenvalue weighted by molar-refractivity contribution is 0.414. The van der Waals surface area contributed by atoms with Crippen molar-refractivity contribution in [2.45, 2.75) is 19.9 Å². The van der Waals surface area contributed by atoms with E-state index in [9.17, 15) is 0 Å². The maximum absolute atomic E-state index is 5.22. The van der Waals surface area contributed by atoms with Gasteiger partial charge in [-0.15, -0.1) is 0 Å². The number of nitrogens with zero attached hydrogens (tertiary/aromatic N) is 2. The van der Waals surface area contributed by atoms with Crippen LogP contribution >= 0.6 is 15.9 Å². The van der Waals surface area contributed by atoms with Crippen LogP contribution in [-0.4, -0.2) is 23.6 Å². The second-order valence-corrected chi connectivity index (χ2v) is 5.31. The van der Waals surface area contributed by atoms with Crippen molar-refractivity contribution in [1.29, 1.82) is 0 Å². The smallest absolute Gasteiger partial charge is 0.146 e. The van der Waals surface area contributed by atoms with Crippen LogP contribution in [0.15, 0.2) is 35.1 Å². The summed E-state index contributed by atoms with van der Waals surface area (Å²) < 4.78 is 6.07. The van der Waals surface area contributed by atoms with E-state index in [1.165, 1.54) is 0 Å². The van der Waals surface area contributed by atoms with Crippen LogP contribution in [0.2, 0.25) is 0 Å². The number of halogens is 1. The Balaban J connectivity index is 2.05. The normalized spacial score (nSPS) is 10.2. The van der Waals surface area contributed by atoms with Crippen LogP contribution in [0.1, 0.15) is 18.9 Å². The fraction of sp³-hybridized carbons (Fsp3) is 0.333. The molecule has 0 spiro atoms. The van der Waals surface area contributed by atoms with Crippen molar-refractivity contribution in [3.63, 3.8) is 0 Å². The molecule has 0 saturated carbocycles. The lowest BCUT2D eigenvalue weighted by atomic mass is 10.2. The SMILES string of the molecule is CCCNc1ncnc(NCc2cccc(OC)c2)c1Br. The Kier molecular flexibility index (Phi) is 5.80. The summed E-state index contributed by atoms with van der Waals surface area (Å²) in [7, 11) is 1.67. The molecule has 0 aliphatic carbocycles. The standard InChI is InChI=1S/C15H19BrN4O/c1-3-7-17-14-13(16)15(20-10-19-14)18-9-11-5-4-6-12(8-11)21-2/h4-6,8,10H,3,7,9H2,1-2H3,(H2,17,18,19,20). The number of ether oxygens (including phenoxy) is 1. The molecule has 0 atom stereocenters. The zero-order valence-corrected chi connectivity index (χ0v) is 13.8. The van der Waals surface area contributed by atoms with Gasteiger partial charge >= 0.3 is 0 Å². The van der Waals surface area contributed by atoms with E-state index in [4.69, 9.17) is 4.74 Å². The molecule has 0 amide bonds. The van der Waals surface area contributed by atoms with Gasteiger partial charge in [-0.1, -0.05) is 19.1 Å². The molecule has 0 unspecified atom stereocenters. The molecule has 0 saturated heterocycles. The van der Waals surface area contributed by atoms with Crippen LogP contribution in [0.25, 0.3) is 0 Å². The molecule has 0 bridgehead atoms. The summed E-state index contributed by atoms with van der Waals surface area (Å²) in [6.07, 6.45) is 2.60. The average Bonchev–Trinajstić information content (AvgIpc) is 2.53. The van der Waals surface area contributed by atoms with E-state index in [1.54, 1.807) is 13.4 Å². The van der Waals surface area contributed by atoms with Gasteiger partial charge in [0, 0.05) is 13.1 Å². The topological polar surface area (TPSA) is 59.1 Å². The molecule has 112 valence electrons.